The molecule has 1 fully saturated rings. The molecule has 1 aliphatic heterocycles. The molecule has 1 saturated heterocycles. The highest BCUT2D eigenvalue weighted by atomic mass is 32.2. The van der Waals surface area contributed by atoms with Crippen molar-refractivity contribution in [2.75, 3.05) is 24.9 Å². The van der Waals surface area contributed by atoms with E-state index in [1.54, 1.807) is 53.4 Å². The van der Waals surface area contributed by atoms with Crippen LogP contribution in [0.15, 0.2) is 53.4 Å². The van der Waals surface area contributed by atoms with Gasteiger partial charge in [0.15, 0.2) is 0 Å². The Morgan fingerprint density at radius 2 is 1.67 bits per heavy atom. The lowest BCUT2D eigenvalue weighted by Crippen LogP contribution is -2.44. The van der Waals surface area contributed by atoms with Gasteiger partial charge in [0.25, 0.3) is 15.9 Å². The monoisotopic (exact) mass is 387 g/mol. The van der Waals surface area contributed by atoms with Crippen LogP contribution in [-0.2, 0) is 10.0 Å². The van der Waals surface area contributed by atoms with Crippen molar-refractivity contribution in [3.8, 4) is 0 Å². The zero-order chi connectivity index (χ0) is 19.4. The number of para-hydroxylation sites is 1. The van der Waals surface area contributed by atoms with Crippen molar-refractivity contribution in [1.29, 1.82) is 0 Å². The molecule has 6 nitrogen and oxygen atoms in total. The molecule has 0 aromatic heterocycles. The lowest BCUT2D eigenvalue weighted by molar-refractivity contribution is 0.0708. The molecule has 2 aromatic rings. The standard InChI is InChI=1S/C20H25N3O3S/c1-15-7-9-17(10-8-15)27(25,26)22-19-6-4-3-5-18(19)20(24)23-13-11-16(21-2)12-14-23/h3-10,16,21-22H,11-14H2,1-2H3. The van der Waals surface area contributed by atoms with Crippen molar-refractivity contribution in [3.63, 3.8) is 0 Å². The topological polar surface area (TPSA) is 78.5 Å². The molecular formula is C20H25N3O3S. The van der Waals surface area contributed by atoms with E-state index in [1.807, 2.05) is 14.0 Å². The van der Waals surface area contributed by atoms with Gasteiger partial charge in [0.05, 0.1) is 16.1 Å². The zero-order valence-electron chi connectivity index (χ0n) is 15.6. The number of aryl methyl sites for hydroxylation is 1. The maximum Gasteiger partial charge on any atom is 0.261 e. The van der Waals surface area contributed by atoms with Gasteiger partial charge in [0.2, 0.25) is 0 Å². The largest absolute Gasteiger partial charge is 0.338 e. The predicted molar refractivity (Wildman–Crippen MR) is 106 cm³/mol. The zero-order valence-corrected chi connectivity index (χ0v) is 16.4. The first-order chi connectivity index (χ1) is 12.9. The molecule has 0 unspecified atom stereocenters. The van der Waals surface area contributed by atoms with Crippen molar-refractivity contribution in [2.45, 2.75) is 30.7 Å². The third-order valence-corrected chi connectivity index (χ3v) is 6.30. The van der Waals surface area contributed by atoms with Crippen molar-refractivity contribution in [2.24, 2.45) is 0 Å². The molecular weight excluding hydrogens is 362 g/mol. The van der Waals surface area contributed by atoms with Gasteiger partial charge in [0, 0.05) is 19.1 Å². The minimum absolute atomic E-state index is 0.147. The number of anilines is 1. The molecule has 0 bridgehead atoms. The average molecular weight is 388 g/mol. The van der Waals surface area contributed by atoms with Crippen LogP contribution < -0.4 is 10.0 Å². The van der Waals surface area contributed by atoms with Gasteiger partial charge in [-0.2, -0.15) is 0 Å². The number of nitrogens with one attached hydrogen (secondary N) is 2. The van der Waals surface area contributed by atoms with E-state index in [4.69, 9.17) is 0 Å². The highest BCUT2D eigenvalue weighted by Crippen LogP contribution is 2.23. The Morgan fingerprint density at radius 1 is 1.04 bits per heavy atom. The fourth-order valence-corrected chi connectivity index (χ4v) is 4.30. The van der Waals surface area contributed by atoms with E-state index in [1.165, 1.54) is 0 Å². The Bertz CT molecular complexity index is 902. The van der Waals surface area contributed by atoms with Gasteiger partial charge in [-0.15, -0.1) is 0 Å². The lowest BCUT2D eigenvalue weighted by atomic mass is 10.0. The van der Waals surface area contributed by atoms with Crippen LogP contribution in [0.2, 0.25) is 0 Å². The maximum absolute atomic E-state index is 13.0. The summed E-state index contributed by atoms with van der Waals surface area (Å²) in [4.78, 5) is 14.9. The summed E-state index contributed by atoms with van der Waals surface area (Å²) in [7, 11) is -1.83. The fraction of sp³-hybridized carbons (Fsp3) is 0.350. The quantitative estimate of drug-likeness (QED) is 0.827. The molecule has 1 amide bonds. The van der Waals surface area contributed by atoms with Crippen LogP contribution in [0, 0.1) is 6.92 Å². The molecule has 0 radical (unpaired) electrons. The highest BCUT2D eigenvalue weighted by Gasteiger charge is 2.25. The van der Waals surface area contributed by atoms with E-state index in [9.17, 15) is 13.2 Å². The van der Waals surface area contributed by atoms with Crippen LogP contribution in [0.5, 0.6) is 0 Å². The second-order valence-corrected chi connectivity index (χ2v) is 8.50. The first-order valence-corrected chi connectivity index (χ1v) is 10.5. The van der Waals surface area contributed by atoms with Crippen LogP contribution in [0.3, 0.4) is 0 Å². The predicted octanol–water partition coefficient (Wildman–Crippen LogP) is 2.62. The number of carbonyl (C=O) groups is 1. The third kappa shape index (κ3) is 4.48. The van der Waals surface area contributed by atoms with Gasteiger partial charge >= 0.3 is 0 Å². The smallest absolute Gasteiger partial charge is 0.261 e. The van der Waals surface area contributed by atoms with E-state index >= 15 is 0 Å². The summed E-state index contributed by atoms with van der Waals surface area (Å²) in [6.07, 6.45) is 1.78. The number of benzene rings is 2. The first-order valence-electron chi connectivity index (χ1n) is 9.06. The van der Waals surface area contributed by atoms with E-state index in [0.717, 1.165) is 18.4 Å². The van der Waals surface area contributed by atoms with Crippen molar-refractivity contribution < 1.29 is 13.2 Å². The van der Waals surface area contributed by atoms with Crippen LogP contribution in [0.25, 0.3) is 0 Å². The minimum atomic E-state index is -3.76. The normalized spacial score (nSPS) is 15.6. The number of rotatable bonds is 5. The molecule has 1 heterocycles. The van der Waals surface area contributed by atoms with E-state index < -0.39 is 10.0 Å². The van der Waals surface area contributed by atoms with Crippen LogP contribution in [0.1, 0.15) is 28.8 Å². The van der Waals surface area contributed by atoms with Gasteiger partial charge in [0.1, 0.15) is 0 Å². The van der Waals surface area contributed by atoms with Crippen molar-refractivity contribution >= 4 is 21.6 Å². The summed E-state index contributed by atoms with van der Waals surface area (Å²) < 4.78 is 28.0. The Labute approximate surface area is 160 Å². The molecule has 2 N–H and O–H groups in total. The minimum Gasteiger partial charge on any atom is -0.338 e. The van der Waals surface area contributed by atoms with Gasteiger partial charge in [-0.1, -0.05) is 29.8 Å². The summed E-state index contributed by atoms with van der Waals surface area (Å²) in [6, 6.07) is 13.8. The molecule has 7 heteroatoms. The third-order valence-electron chi connectivity index (χ3n) is 4.92. The van der Waals surface area contributed by atoms with E-state index in [0.29, 0.717) is 30.4 Å². The van der Waals surface area contributed by atoms with Crippen molar-refractivity contribution in [3.05, 3.63) is 59.7 Å². The Hall–Kier alpha value is -2.38. The molecule has 0 aliphatic carbocycles. The number of carbonyl (C=O) groups excluding carboxylic acids is 1. The molecule has 0 spiro atoms. The Kier molecular flexibility index (Phi) is 5.82. The van der Waals surface area contributed by atoms with Gasteiger partial charge in [-0.25, -0.2) is 8.42 Å². The van der Waals surface area contributed by atoms with Gasteiger partial charge < -0.3 is 10.2 Å². The molecule has 3 rings (SSSR count). The molecule has 1 aliphatic rings. The molecule has 0 atom stereocenters. The first kappa shape index (κ1) is 19.4. The summed E-state index contributed by atoms with van der Waals surface area (Å²) in [6.45, 7) is 3.21. The van der Waals surface area contributed by atoms with E-state index in [-0.39, 0.29) is 10.8 Å². The number of likely N-dealkylation sites (tertiary alicyclic amines) is 1. The summed E-state index contributed by atoms with van der Waals surface area (Å²) in [5.74, 6) is -0.147. The van der Waals surface area contributed by atoms with Crippen molar-refractivity contribution in [1.82, 2.24) is 10.2 Å². The van der Waals surface area contributed by atoms with Gasteiger partial charge in [-0.3, -0.25) is 9.52 Å². The molecule has 27 heavy (non-hydrogen) atoms. The molecule has 144 valence electrons. The second kappa shape index (κ2) is 8.10. The molecule has 2 aromatic carbocycles. The summed E-state index contributed by atoms with van der Waals surface area (Å²) >= 11 is 0. The maximum atomic E-state index is 13.0. The number of nitrogens with zero attached hydrogens (tertiary/aromatic N) is 1. The lowest BCUT2D eigenvalue weighted by Gasteiger charge is -2.32. The van der Waals surface area contributed by atoms with Crippen LogP contribution in [-0.4, -0.2) is 45.4 Å². The number of hydrogen-bond donors (Lipinski definition) is 2. The number of amides is 1. The fourth-order valence-electron chi connectivity index (χ4n) is 3.22. The molecule has 0 saturated carbocycles. The Balaban J connectivity index is 1.82. The van der Waals surface area contributed by atoms with E-state index in [2.05, 4.69) is 10.0 Å². The average Bonchev–Trinajstić information content (AvgIpc) is 2.68. The number of hydrogen-bond acceptors (Lipinski definition) is 4. The highest BCUT2D eigenvalue weighted by molar-refractivity contribution is 7.92. The SMILES string of the molecule is CNC1CCN(C(=O)c2ccccc2NS(=O)(=O)c2ccc(C)cc2)CC1. The van der Waals surface area contributed by atoms with Crippen LogP contribution >= 0.6 is 0 Å². The van der Waals surface area contributed by atoms with Crippen LogP contribution in [0.4, 0.5) is 5.69 Å². The number of piperidine rings is 1. The Morgan fingerprint density at radius 3 is 2.30 bits per heavy atom. The summed E-state index contributed by atoms with van der Waals surface area (Å²) in [5, 5.41) is 3.24. The second-order valence-electron chi connectivity index (χ2n) is 6.82. The summed E-state index contributed by atoms with van der Waals surface area (Å²) in [5.41, 5.74) is 1.66. The number of sulfonamides is 1. The van der Waals surface area contributed by atoms with Gasteiger partial charge in [-0.05, 0) is 51.1 Å².